The van der Waals surface area contributed by atoms with Gasteiger partial charge in [0.25, 0.3) is 0 Å². The third-order valence-corrected chi connectivity index (χ3v) is 5.06. The van der Waals surface area contributed by atoms with Crippen molar-refractivity contribution in [2.45, 2.75) is 57.9 Å². The van der Waals surface area contributed by atoms with Crippen LogP contribution in [-0.4, -0.2) is 34.0 Å². The number of nitrogens with zero attached hydrogens (tertiary/aromatic N) is 3. The van der Waals surface area contributed by atoms with Crippen molar-refractivity contribution in [1.82, 2.24) is 15.0 Å². The lowest BCUT2D eigenvalue weighted by Gasteiger charge is -2.27. The number of likely N-dealkylation sites (tertiary alicyclic amines) is 1. The van der Waals surface area contributed by atoms with E-state index in [1.807, 2.05) is 18.7 Å². The molecule has 1 aliphatic heterocycles. The maximum atomic E-state index is 12.9. The van der Waals surface area contributed by atoms with E-state index < -0.39 is 0 Å². The highest BCUT2D eigenvalue weighted by Crippen LogP contribution is 2.37. The summed E-state index contributed by atoms with van der Waals surface area (Å²) in [6.45, 7) is 5.45. The molecule has 2 aliphatic rings. The van der Waals surface area contributed by atoms with Crippen LogP contribution in [0.2, 0.25) is 0 Å². The number of hydrogen-bond donors (Lipinski definition) is 1. The summed E-state index contributed by atoms with van der Waals surface area (Å²) in [7, 11) is 0. The molecule has 130 valence electrons. The summed E-state index contributed by atoms with van der Waals surface area (Å²) < 4.78 is 5.32. The molecule has 2 N–H and O–H groups in total. The second kappa shape index (κ2) is 7.62. The molecule has 1 aromatic heterocycles. The van der Waals surface area contributed by atoms with Gasteiger partial charge in [-0.3, -0.25) is 4.79 Å². The van der Waals surface area contributed by atoms with Gasteiger partial charge in [0.05, 0.1) is 6.04 Å². The number of rotatable bonds is 4. The van der Waals surface area contributed by atoms with Gasteiger partial charge < -0.3 is 15.2 Å². The van der Waals surface area contributed by atoms with Gasteiger partial charge in [-0.2, -0.15) is 4.98 Å². The van der Waals surface area contributed by atoms with Crippen molar-refractivity contribution >= 4 is 18.3 Å². The Morgan fingerprint density at radius 2 is 2.13 bits per heavy atom. The highest BCUT2D eigenvalue weighted by atomic mass is 35.5. The van der Waals surface area contributed by atoms with Crippen LogP contribution in [0.5, 0.6) is 0 Å². The third-order valence-electron chi connectivity index (χ3n) is 5.06. The smallest absolute Gasteiger partial charge is 0.229 e. The van der Waals surface area contributed by atoms with Crippen LogP contribution in [-0.2, 0) is 4.79 Å². The zero-order chi connectivity index (χ0) is 15.7. The van der Waals surface area contributed by atoms with Gasteiger partial charge in [-0.05, 0) is 38.1 Å². The van der Waals surface area contributed by atoms with E-state index in [2.05, 4.69) is 10.1 Å². The molecule has 1 unspecified atom stereocenters. The van der Waals surface area contributed by atoms with Gasteiger partial charge in [0.1, 0.15) is 0 Å². The van der Waals surface area contributed by atoms with Crippen LogP contribution in [0.15, 0.2) is 4.52 Å². The van der Waals surface area contributed by atoms with E-state index in [1.165, 1.54) is 0 Å². The molecule has 0 aromatic carbocycles. The minimum atomic E-state index is -0.0252. The minimum Gasteiger partial charge on any atom is -0.339 e. The summed E-state index contributed by atoms with van der Waals surface area (Å²) in [4.78, 5) is 19.4. The Morgan fingerprint density at radius 3 is 2.78 bits per heavy atom. The lowest BCUT2D eigenvalue weighted by molar-refractivity contribution is -0.137. The van der Waals surface area contributed by atoms with Crippen LogP contribution in [0.3, 0.4) is 0 Å². The SMILES string of the molecule is CC(C)c1nc(C2CCCN2C(=O)[C@@H]2CCC[C@@H]2CN)no1.Cl. The lowest BCUT2D eigenvalue weighted by Crippen LogP contribution is -2.39. The molecule has 7 heteroatoms. The summed E-state index contributed by atoms with van der Waals surface area (Å²) in [5.74, 6) is 2.19. The predicted molar refractivity (Wildman–Crippen MR) is 89.2 cm³/mol. The molecule has 0 bridgehead atoms. The molecule has 2 heterocycles. The number of amides is 1. The number of carbonyl (C=O) groups excluding carboxylic acids is 1. The van der Waals surface area contributed by atoms with Crippen LogP contribution in [0.25, 0.3) is 0 Å². The topological polar surface area (TPSA) is 85.2 Å². The second-order valence-electron chi connectivity index (χ2n) is 6.87. The van der Waals surface area contributed by atoms with Gasteiger partial charge in [-0.15, -0.1) is 12.4 Å². The van der Waals surface area contributed by atoms with Gasteiger partial charge in [-0.25, -0.2) is 0 Å². The highest BCUT2D eigenvalue weighted by Gasteiger charge is 2.40. The molecular formula is C16H27ClN4O2. The second-order valence-corrected chi connectivity index (χ2v) is 6.87. The minimum absolute atomic E-state index is 0. The van der Waals surface area contributed by atoms with Gasteiger partial charge >= 0.3 is 0 Å². The van der Waals surface area contributed by atoms with Crippen molar-refractivity contribution in [2.24, 2.45) is 17.6 Å². The molecule has 1 saturated carbocycles. The molecule has 1 saturated heterocycles. The summed E-state index contributed by atoms with van der Waals surface area (Å²) in [6, 6.07) is -0.0252. The van der Waals surface area contributed by atoms with Crippen LogP contribution in [0.1, 0.15) is 69.6 Å². The Kier molecular flexibility index (Phi) is 6.03. The molecule has 6 nitrogen and oxygen atoms in total. The zero-order valence-electron chi connectivity index (χ0n) is 13.9. The van der Waals surface area contributed by atoms with Crippen molar-refractivity contribution in [3.05, 3.63) is 11.7 Å². The Balaban J connectivity index is 0.00000192. The number of aromatic nitrogens is 2. The monoisotopic (exact) mass is 342 g/mol. The Labute approximate surface area is 143 Å². The molecule has 1 amide bonds. The van der Waals surface area contributed by atoms with Gasteiger partial charge in [0, 0.05) is 18.4 Å². The van der Waals surface area contributed by atoms with Crippen molar-refractivity contribution in [1.29, 1.82) is 0 Å². The largest absolute Gasteiger partial charge is 0.339 e. The van der Waals surface area contributed by atoms with Crippen molar-refractivity contribution in [2.75, 3.05) is 13.1 Å². The molecule has 2 fully saturated rings. The lowest BCUT2D eigenvalue weighted by atomic mass is 9.94. The number of nitrogens with two attached hydrogens (primary N) is 1. The number of hydrogen-bond acceptors (Lipinski definition) is 5. The molecule has 1 aliphatic carbocycles. The first-order valence-electron chi connectivity index (χ1n) is 8.45. The molecular weight excluding hydrogens is 316 g/mol. The van der Waals surface area contributed by atoms with Crippen molar-refractivity contribution in [3.8, 4) is 0 Å². The van der Waals surface area contributed by atoms with E-state index in [0.29, 0.717) is 24.2 Å². The maximum Gasteiger partial charge on any atom is 0.229 e. The molecule has 3 atom stereocenters. The first kappa shape index (κ1) is 18.2. The highest BCUT2D eigenvalue weighted by molar-refractivity contribution is 5.85. The quantitative estimate of drug-likeness (QED) is 0.909. The summed E-state index contributed by atoms with van der Waals surface area (Å²) in [5.41, 5.74) is 5.83. The van der Waals surface area contributed by atoms with Gasteiger partial charge in [0.15, 0.2) is 5.82 Å². The van der Waals surface area contributed by atoms with Crippen molar-refractivity contribution < 1.29 is 9.32 Å². The fraction of sp³-hybridized carbons (Fsp3) is 0.812. The van der Waals surface area contributed by atoms with E-state index in [-0.39, 0.29) is 36.2 Å². The summed E-state index contributed by atoms with van der Waals surface area (Å²) in [6.07, 6.45) is 5.07. The number of carbonyl (C=O) groups is 1. The average Bonchev–Trinajstić information content (AvgIpc) is 3.23. The van der Waals surface area contributed by atoms with E-state index in [0.717, 1.165) is 38.6 Å². The summed E-state index contributed by atoms with van der Waals surface area (Å²) in [5, 5.41) is 4.11. The van der Waals surface area contributed by atoms with Crippen molar-refractivity contribution in [3.63, 3.8) is 0 Å². The standard InChI is InChI=1S/C16H26N4O2.ClH/c1-10(2)15-18-14(19-22-15)13-7-4-8-20(13)16(21)12-6-3-5-11(12)9-17;/h10-13H,3-9,17H2,1-2H3;1H/t11-,12-,13?;/m1./s1. The van der Waals surface area contributed by atoms with E-state index in [1.54, 1.807) is 0 Å². The Hall–Kier alpha value is -1.14. The number of halogens is 1. The average molecular weight is 343 g/mol. The third kappa shape index (κ3) is 3.53. The van der Waals surface area contributed by atoms with Gasteiger partial charge in [-0.1, -0.05) is 25.4 Å². The summed E-state index contributed by atoms with van der Waals surface area (Å²) >= 11 is 0. The van der Waals surface area contributed by atoms with Crippen LogP contribution in [0, 0.1) is 11.8 Å². The first-order chi connectivity index (χ1) is 10.6. The zero-order valence-corrected chi connectivity index (χ0v) is 14.7. The van der Waals surface area contributed by atoms with Gasteiger partial charge in [0.2, 0.25) is 11.8 Å². The molecule has 1 aromatic rings. The van der Waals surface area contributed by atoms with E-state index in [4.69, 9.17) is 10.3 Å². The van der Waals surface area contributed by atoms with Crippen LogP contribution in [0.4, 0.5) is 0 Å². The fourth-order valence-corrected chi connectivity index (χ4v) is 3.77. The molecule has 23 heavy (non-hydrogen) atoms. The molecule has 0 radical (unpaired) electrons. The Morgan fingerprint density at radius 1 is 1.35 bits per heavy atom. The maximum absolute atomic E-state index is 12.9. The Bertz CT molecular complexity index is 534. The molecule has 0 spiro atoms. The van der Waals surface area contributed by atoms with E-state index in [9.17, 15) is 4.79 Å². The molecule has 3 rings (SSSR count). The van der Waals surface area contributed by atoms with E-state index >= 15 is 0 Å². The predicted octanol–water partition coefficient (Wildman–Crippen LogP) is 2.65. The fourth-order valence-electron chi connectivity index (χ4n) is 3.77. The normalized spacial score (nSPS) is 27.5. The first-order valence-corrected chi connectivity index (χ1v) is 8.45. The van der Waals surface area contributed by atoms with Crippen LogP contribution >= 0.6 is 12.4 Å². The van der Waals surface area contributed by atoms with Crippen LogP contribution < -0.4 is 5.73 Å².